The first-order valence-corrected chi connectivity index (χ1v) is 57.4. The van der Waals surface area contributed by atoms with Gasteiger partial charge in [-0.2, -0.15) is 0 Å². The molecule has 0 atom stereocenters. The largest absolute Gasteiger partial charge is 0.496 e. The number of carbonyl (C=O) groups is 6. The Bertz CT molecular complexity index is 8020. The third kappa shape index (κ3) is 28.5. The molecule has 1 saturated carbocycles. The highest BCUT2D eigenvalue weighted by atomic mass is 35.5. The quantitative estimate of drug-likeness (QED) is 0.0329. The number of hydrogen-bond donors (Lipinski definition) is 0. The van der Waals surface area contributed by atoms with E-state index in [0.717, 1.165) is 119 Å². The van der Waals surface area contributed by atoms with Crippen LogP contribution >= 0.6 is 138 Å². The molecule has 38 heteroatoms. The highest BCUT2D eigenvalue weighted by molar-refractivity contribution is 7.99. The third-order valence-electron chi connectivity index (χ3n) is 24.1. The maximum atomic E-state index is 12.6. The Hall–Kier alpha value is -12.1. The minimum Gasteiger partial charge on any atom is -0.496 e. The van der Waals surface area contributed by atoms with E-state index >= 15 is 0 Å². The van der Waals surface area contributed by atoms with E-state index in [2.05, 4.69) is 56.7 Å². The van der Waals surface area contributed by atoms with Crippen LogP contribution in [0.5, 0.6) is 11.5 Å². The summed E-state index contributed by atoms with van der Waals surface area (Å²) in [5.41, 5.74) is 5.71. The monoisotopic (exact) mass is 2210 g/mol. The molecule has 1 aliphatic carbocycles. The molecular weight excluding hydrogens is 2110 g/mol. The van der Waals surface area contributed by atoms with Gasteiger partial charge in [-0.05, 0) is 189 Å². The van der Waals surface area contributed by atoms with Crippen molar-refractivity contribution in [1.82, 2.24) is 57.3 Å². The number of ether oxygens (including phenoxy) is 2. The van der Waals surface area contributed by atoms with Crippen molar-refractivity contribution < 1.29 is 38.2 Å². The predicted octanol–water partition coefficient (Wildman–Crippen LogP) is 22.0. The van der Waals surface area contributed by atoms with Gasteiger partial charge in [-0.3, -0.25) is 84.9 Å². The van der Waals surface area contributed by atoms with Crippen molar-refractivity contribution >= 4 is 234 Å². The molecule has 18 aromatic rings. The van der Waals surface area contributed by atoms with E-state index < -0.39 is 0 Å². The van der Waals surface area contributed by atoms with Crippen LogP contribution < -0.4 is 42.8 Å². The molecule has 766 valence electrons. The second-order valence-electron chi connectivity index (χ2n) is 34.5. The molecule has 0 amide bonds. The number of ketones is 6. The maximum Gasteiger partial charge on any atom is 0.262 e. The summed E-state index contributed by atoms with van der Waals surface area (Å²) in [4.78, 5) is 190. The molecule has 148 heavy (non-hydrogen) atoms. The number of hydrogen-bond acceptors (Lipinski definition) is 29. The molecule has 1 fully saturated rings. The lowest BCUT2D eigenvalue weighted by molar-refractivity contribution is -0.119. The summed E-state index contributed by atoms with van der Waals surface area (Å²) >= 11 is 32.2. The number of nitrogens with zero attached hydrogens (tertiary/aromatic N) is 12. The first-order chi connectivity index (χ1) is 71.4. The Morgan fingerprint density at radius 3 is 0.993 bits per heavy atom. The Labute approximate surface area is 904 Å². The standard InChI is InChI=1S/C20H20N2O2S.2C18H17ClN2O3S.C18H17ClN2O2S2.2C18H18N2O2S2/c1-2-16-10-18-19(25-16)21-12-22(20(18)24)11-15(23)9-14-5-3-4-6-17(14)13-7-8-13;1-3-14-8-15-17(25-14)20-10-21(18(15)23)9-13(22)7-11-6-12(19)4-5-16(11)24-2;2*1-3-13-8-14-17(25-13)20-10-21(18(14)23)9-12(22)7-11-5-4-6-15(19)16(11)24-2;1-3-14-9-16-17(24-14)19-11-20(18(16)22)10-13(21)8-12-4-6-15(23-2)7-5-12;1-3-14-9-15-17(24-14)19-11-20(18(15)22)10-13(21)8-12-6-4-5-7-16(12)23-2/h3-6,10,12-13H,2,7-9,11H2,1H3;3*4-6,8,10H,3,7,9H2,1-2H3;2*4-7,9,11H,3,8,10H2,1-2H3. The summed E-state index contributed by atoms with van der Waals surface area (Å²) in [6.07, 6.45) is 23.9. The number of carbonyl (C=O) groups excluding carboxylic acids is 6. The zero-order valence-corrected chi connectivity index (χ0v) is 92.8. The van der Waals surface area contributed by atoms with Crippen LogP contribution in [0.2, 0.25) is 15.1 Å². The molecule has 12 aromatic heterocycles. The van der Waals surface area contributed by atoms with E-state index in [0.29, 0.717) is 105 Å². The van der Waals surface area contributed by atoms with Gasteiger partial charge in [-0.15, -0.1) is 103 Å². The fourth-order valence-corrected chi connectivity index (χ4v) is 24.5. The van der Waals surface area contributed by atoms with Gasteiger partial charge in [-0.1, -0.05) is 155 Å². The normalized spacial score (nSPS) is 11.6. The lowest BCUT2D eigenvalue weighted by Gasteiger charge is -2.10. The van der Waals surface area contributed by atoms with Crippen LogP contribution in [-0.4, -0.2) is 125 Å². The van der Waals surface area contributed by atoms with E-state index in [1.165, 1.54) is 164 Å². The Morgan fingerprint density at radius 2 is 0.649 bits per heavy atom. The van der Waals surface area contributed by atoms with Crippen molar-refractivity contribution in [1.29, 1.82) is 0 Å². The summed E-state index contributed by atoms with van der Waals surface area (Å²) in [6.45, 7) is 12.4. The van der Waals surface area contributed by atoms with Gasteiger partial charge in [0.2, 0.25) is 0 Å². The molecule has 1 aliphatic rings. The second kappa shape index (κ2) is 52.9. The summed E-state index contributed by atoms with van der Waals surface area (Å²) in [6, 6.07) is 51.2. The average Bonchev–Trinajstić information content (AvgIpc) is 1.67. The molecule has 19 rings (SSSR count). The molecular formula is C110H107Cl3N12O14S9. The van der Waals surface area contributed by atoms with Crippen molar-refractivity contribution in [3.8, 4) is 11.5 Å². The number of fused-ring (bicyclic) bond motifs is 6. The average molecular weight is 2220 g/mol. The van der Waals surface area contributed by atoms with Crippen LogP contribution in [0.15, 0.2) is 245 Å². The van der Waals surface area contributed by atoms with Crippen molar-refractivity contribution in [2.75, 3.05) is 33.0 Å². The van der Waals surface area contributed by atoms with Crippen LogP contribution in [0.1, 0.15) is 129 Å². The van der Waals surface area contributed by atoms with Gasteiger partial charge >= 0.3 is 0 Å². The van der Waals surface area contributed by atoms with Crippen LogP contribution in [0.25, 0.3) is 61.3 Å². The van der Waals surface area contributed by atoms with Gasteiger partial charge < -0.3 is 9.47 Å². The van der Waals surface area contributed by atoms with Gasteiger partial charge in [-0.25, -0.2) is 29.9 Å². The number of aryl methyl sites for hydroxylation is 6. The van der Waals surface area contributed by atoms with Gasteiger partial charge in [0.25, 0.3) is 33.4 Å². The number of methoxy groups -OCH3 is 2. The summed E-state index contributed by atoms with van der Waals surface area (Å²) in [5, 5.41) is 5.19. The molecule has 0 unspecified atom stereocenters. The van der Waals surface area contributed by atoms with Crippen molar-refractivity contribution in [2.24, 2.45) is 0 Å². The SMILES string of the molecule is CCc1cc2c(=O)n(CC(=O)Cc3cc(Cl)ccc3OC)cnc2s1.CCc1cc2c(=O)n(CC(=O)Cc3ccc(SC)cc3)cnc2s1.CCc1cc2c(=O)n(CC(=O)Cc3cccc(Cl)c3OC)cnc2s1.CCc1cc2c(=O)n(CC(=O)Cc3cccc(Cl)c3SC)cnc2s1.CCc1cc2c(=O)n(CC(=O)Cc3ccccc3C3CC3)cnc2s1.CCc1cc2c(=O)n(CC(=O)Cc3ccccc3SC)cnc2s1. The molecule has 0 aliphatic heterocycles. The van der Waals surface area contributed by atoms with Gasteiger partial charge in [0.05, 0.1) is 134 Å². The molecule has 26 nitrogen and oxygen atoms in total. The molecule has 12 heterocycles. The van der Waals surface area contributed by atoms with Crippen LogP contribution in [0.3, 0.4) is 0 Å². The molecule has 0 bridgehead atoms. The lowest BCUT2D eigenvalue weighted by atomic mass is 9.99. The van der Waals surface area contributed by atoms with Gasteiger partial charge in [0, 0.05) is 98.6 Å². The van der Waals surface area contributed by atoms with Crippen molar-refractivity contribution in [3.63, 3.8) is 0 Å². The number of para-hydroxylation sites is 1. The first kappa shape index (κ1) is 112. The van der Waals surface area contributed by atoms with Crippen molar-refractivity contribution in [2.45, 2.75) is 191 Å². The summed E-state index contributed by atoms with van der Waals surface area (Å²) in [7, 11) is 3.06. The first-order valence-electron chi connectivity index (χ1n) is 47.7. The van der Waals surface area contributed by atoms with E-state index in [1.807, 2.05) is 161 Å². The number of halogens is 3. The Balaban J connectivity index is 0.000000140. The highest BCUT2D eigenvalue weighted by Crippen LogP contribution is 2.42. The minimum atomic E-state index is -0.188. The third-order valence-corrected chi connectivity index (χ3v) is 34.7. The minimum absolute atomic E-state index is 0.00101. The summed E-state index contributed by atoms with van der Waals surface area (Å²) in [5.74, 6) is 1.47. The number of thiophene rings is 6. The van der Waals surface area contributed by atoms with E-state index in [9.17, 15) is 57.5 Å². The number of benzene rings is 6. The smallest absolute Gasteiger partial charge is 0.262 e. The zero-order valence-electron chi connectivity index (χ0n) is 83.2. The fourth-order valence-electron chi connectivity index (χ4n) is 16.4. The summed E-state index contributed by atoms with van der Waals surface area (Å²) < 4.78 is 18.9. The molecule has 0 radical (unpaired) electrons. The number of rotatable bonds is 36. The fraction of sp³-hybridized carbons (Fsp3) is 0.291. The van der Waals surface area contributed by atoms with Crippen LogP contribution in [-0.2, 0) is 145 Å². The Kier molecular flexibility index (Phi) is 39.8. The van der Waals surface area contributed by atoms with E-state index in [1.54, 1.807) is 78.4 Å². The van der Waals surface area contributed by atoms with Crippen molar-refractivity contribution in [3.05, 3.63) is 347 Å². The predicted molar refractivity (Wildman–Crippen MR) is 606 cm³/mol. The highest BCUT2D eigenvalue weighted by Gasteiger charge is 2.28. The number of Topliss-reactive ketones (excluding diaryl/α,β-unsaturated/α-hetero) is 6. The number of aromatic nitrogens is 12. The van der Waals surface area contributed by atoms with Gasteiger partial charge in [0.1, 0.15) is 40.5 Å². The molecule has 0 N–H and O–H groups in total. The Morgan fingerprint density at radius 1 is 0.331 bits per heavy atom. The molecule has 0 saturated heterocycles. The van der Waals surface area contributed by atoms with Crippen LogP contribution in [0, 0.1) is 0 Å². The molecule has 6 aromatic carbocycles. The lowest BCUT2D eigenvalue weighted by Crippen LogP contribution is -2.25. The van der Waals surface area contributed by atoms with Gasteiger partial charge in [0.15, 0.2) is 34.7 Å². The van der Waals surface area contributed by atoms with E-state index in [4.69, 9.17) is 44.3 Å². The topological polar surface area (TPSA) is 330 Å². The zero-order chi connectivity index (χ0) is 106. The second-order valence-corrected chi connectivity index (χ2v) is 45.0. The van der Waals surface area contributed by atoms with Crippen LogP contribution in [0.4, 0.5) is 0 Å². The van der Waals surface area contributed by atoms with E-state index in [-0.39, 0.29) is 127 Å². The molecule has 0 spiro atoms. The number of thioether (sulfide) groups is 3. The maximum absolute atomic E-state index is 12.6.